The van der Waals surface area contributed by atoms with Gasteiger partial charge in [0, 0.05) is 4.70 Å². The molecule has 4 aromatic rings. The molecule has 0 unspecified atom stereocenters. The molecular weight excluding hydrogens is 603 g/mol. The summed E-state index contributed by atoms with van der Waals surface area (Å²) in [6.45, 7) is 0. The van der Waals surface area contributed by atoms with Gasteiger partial charge >= 0.3 is 51.4 Å². The molecule has 0 N–H and O–H groups in total. The first kappa shape index (κ1) is 18.4. The molecule has 117 valence electrons. The van der Waals surface area contributed by atoms with Gasteiger partial charge in [0.05, 0.1) is 4.34 Å². The van der Waals surface area contributed by atoms with Gasteiger partial charge in [-0.25, -0.2) is 0 Å². The zero-order valence-electron chi connectivity index (χ0n) is 11.7. The van der Waals surface area contributed by atoms with Gasteiger partial charge in [0.25, 0.3) is 0 Å². The number of hydrogen-bond donors (Lipinski definition) is 0. The summed E-state index contributed by atoms with van der Waals surface area (Å²) in [5.74, 6) is 0. The van der Waals surface area contributed by atoms with Crippen LogP contribution in [0.25, 0.3) is 32.0 Å². The average Bonchev–Trinajstić information content (AvgIpc) is 3.07. The third kappa shape index (κ3) is 4.62. The van der Waals surface area contributed by atoms with Crippen molar-refractivity contribution in [3.63, 3.8) is 0 Å². The molecule has 0 spiro atoms. The van der Waals surface area contributed by atoms with Gasteiger partial charge in [-0.3, -0.25) is 0 Å². The third-order valence-corrected chi connectivity index (χ3v) is 4.69. The van der Waals surface area contributed by atoms with E-state index in [1.54, 1.807) is 11.3 Å². The van der Waals surface area contributed by atoms with E-state index in [0.717, 1.165) is 4.34 Å². The molecule has 0 atom stereocenters. The second kappa shape index (κ2) is 8.34. The van der Waals surface area contributed by atoms with Crippen molar-refractivity contribution in [3.8, 4) is 11.1 Å². The summed E-state index contributed by atoms with van der Waals surface area (Å²) >= 11 is 16.6. The summed E-state index contributed by atoms with van der Waals surface area (Å²) in [5.41, 5.74) is 2.53. The normalized spacial score (nSPS) is 10.6. The first-order chi connectivity index (χ1) is 11.0. The number of rotatable bonds is 1. The van der Waals surface area contributed by atoms with Crippen molar-refractivity contribution in [2.45, 2.75) is 0 Å². The number of thiophene rings is 1. The van der Waals surface area contributed by atoms with Crippen LogP contribution in [0.2, 0.25) is 4.34 Å². The van der Waals surface area contributed by atoms with E-state index in [4.69, 9.17) is 11.6 Å². The van der Waals surface area contributed by atoms with E-state index >= 15 is 0 Å². The van der Waals surface area contributed by atoms with Gasteiger partial charge in [0.15, 0.2) is 0 Å². The van der Waals surface area contributed by atoms with E-state index in [1.807, 2.05) is 0 Å². The van der Waals surface area contributed by atoms with Crippen LogP contribution in [0.4, 0.5) is 0 Å². The minimum absolute atomic E-state index is 0.846. The fraction of sp³-hybridized carbons (Fsp3) is 0. The third-order valence-electron chi connectivity index (χ3n) is 3.46. The van der Waals surface area contributed by atoms with Gasteiger partial charge in [-0.1, -0.05) is 47.5 Å². The van der Waals surface area contributed by atoms with Crippen LogP contribution in [-0.4, -0.2) is 0 Å². The van der Waals surface area contributed by atoms with Crippen molar-refractivity contribution >= 4 is 80.5 Å². The van der Waals surface area contributed by atoms with Gasteiger partial charge < -0.3 is 0 Å². The van der Waals surface area contributed by atoms with E-state index in [0.29, 0.717) is 0 Å². The monoisotopic (exact) mass is 608 g/mol. The molecule has 0 amide bonds. The van der Waals surface area contributed by atoms with Gasteiger partial charge in [0.1, 0.15) is 0 Å². The Morgan fingerprint density at radius 2 is 1.70 bits per heavy atom. The molecule has 0 saturated heterocycles. The van der Waals surface area contributed by atoms with E-state index in [-0.39, 0.29) is 0 Å². The predicted octanol–water partition coefficient (Wildman–Crippen LogP) is 8.63. The Morgan fingerprint density at radius 1 is 0.957 bits per heavy atom. The number of hydrogen-bond acceptors (Lipinski definition) is 1. The van der Waals surface area contributed by atoms with Crippen molar-refractivity contribution in [1.29, 1.82) is 0 Å². The Bertz CT molecular complexity index is 909. The van der Waals surface area contributed by atoms with Crippen LogP contribution in [0.3, 0.4) is 0 Å². The van der Waals surface area contributed by atoms with Crippen LogP contribution in [0.5, 0.6) is 0 Å². The zero-order valence-corrected chi connectivity index (χ0v) is 20.5. The summed E-state index contributed by atoms with van der Waals surface area (Å²) in [4.78, 5) is 0. The van der Waals surface area contributed by atoms with Crippen LogP contribution in [0.1, 0.15) is 0 Å². The van der Waals surface area contributed by atoms with Crippen molar-refractivity contribution in [2.24, 2.45) is 0 Å². The van der Waals surface area contributed by atoms with E-state index in [2.05, 4.69) is 97.3 Å². The van der Waals surface area contributed by atoms with Crippen LogP contribution in [-0.2, 0) is 14.7 Å². The Morgan fingerprint density at radius 3 is 2.43 bits per heavy atom. The molecule has 1 heterocycles. The van der Waals surface area contributed by atoms with Gasteiger partial charge in [-0.05, 0) is 17.5 Å². The standard InChI is InChI=1S/C17H10ClS.3BrH.Zr/c18-17-10-15-14(6-3-7-16(15)19-17)13-8-11-4-1-2-5-12(11)9-13;;;;/h1-10H;3*1H;/q-1;;;;+3/p-3. The van der Waals surface area contributed by atoms with Gasteiger partial charge in [-0.2, -0.15) is 0 Å². The molecule has 23 heavy (non-hydrogen) atoms. The first-order valence-corrected chi connectivity index (χ1v) is 24.8. The fourth-order valence-corrected chi connectivity index (χ4v) is 3.76. The second-order valence-corrected chi connectivity index (χ2v) is 40.6. The Hall–Kier alpha value is 0.623. The van der Waals surface area contributed by atoms with Crippen LogP contribution < -0.4 is 0 Å². The predicted molar refractivity (Wildman–Crippen MR) is 112 cm³/mol. The summed E-state index contributed by atoms with van der Waals surface area (Å²) in [5, 5.41) is 3.82. The van der Waals surface area contributed by atoms with Crippen LogP contribution in [0.15, 0.2) is 60.7 Å². The molecule has 0 saturated carbocycles. The minimum atomic E-state index is -1.11. The summed E-state index contributed by atoms with van der Waals surface area (Å²) in [6, 6.07) is 21.4. The Balaban J connectivity index is 0.000000354. The van der Waals surface area contributed by atoms with E-state index < -0.39 is 14.7 Å². The second-order valence-electron chi connectivity index (χ2n) is 4.86. The summed E-state index contributed by atoms with van der Waals surface area (Å²) in [7, 11) is 0. The number of fused-ring (bicyclic) bond motifs is 2. The fourth-order valence-electron chi connectivity index (χ4n) is 2.59. The van der Waals surface area contributed by atoms with Crippen molar-refractivity contribution in [3.05, 3.63) is 65.0 Å². The maximum absolute atomic E-state index is 6.14. The van der Waals surface area contributed by atoms with Crippen LogP contribution >= 0.6 is 59.6 Å². The summed E-state index contributed by atoms with van der Waals surface area (Å²) in [6.07, 6.45) is 0. The zero-order chi connectivity index (χ0) is 16.4. The van der Waals surface area contributed by atoms with Crippen LogP contribution in [0, 0.1) is 0 Å². The molecular formula is C17H10Br3ClSZr-. The average molecular weight is 613 g/mol. The molecule has 0 aliphatic heterocycles. The SMILES string of the molecule is Clc1cc2c(-c3cc4ccccc4[cH-]3)cccc2s1.[Br][Zr]([Br])[Br]. The molecule has 3 aromatic carbocycles. The molecule has 6 heteroatoms. The molecule has 1 aromatic heterocycles. The molecule has 0 fully saturated rings. The van der Waals surface area contributed by atoms with E-state index in [1.165, 1.54) is 32.0 Å². The molecule has 0 aliphatic rings. The first-order valence-electron chi connectivity index (χ1n) is 6.72. The Kier molecular flexibility index (Phi) is 6.67. The number of halogens is 4. The van der Waals surface area contributed by atoms with Crippen molar-refractivity contribution < 1.29 is 14.7 Å². The van der Waals surface area contributed by atoms with Gasteiger partial charge in [-0.15, -0.1) is 45.9 Å². The quantitative estimate of drug-likeness (QED) is 0.189. The molecule has 4 rings (SSSR count). The number of benzene rings is 2. The molecule has 0 radical (unpaired) electrons. The maximum atomic E-state index is 6.14. The topological polar surface area (TPSA) is 0 Å². The van der Waals surface area contributed by atoms with Crippen molar-refractivity contribution in [2.75, 3.05) is 0 Å². The van der Waals surface area contributed by atoms with Crippen molar-refractivity contribution in [1.82, 2.24) is 0 Å². The molecule has 0 bridgehead atoms. The van der Waals surface area contributed by atoms with E-state index in [9.17, 15) is 0 Å². The van der Waals surface area contributed by atoms with Gasteiger partial charge in [0.2, 0.25) is 0 Å². The summed E-state index contributed by atoms with van der Waals surface area (Å²) < 4.78 is 2.09. The Labute approximate surface area is 169 Å². The molecule has 0 aliphatic carbocycles. The molecule has 0 nitrogen and oxygen atoms in total.